The minimum absolute atomic E-state index is 0.00580. The maximum absolute atomic E-state index is 14.2. The molecule has 12 atom stereocenters. The molecule has 97 heavy (non-hydrogen) atoms. The van der Waals surface area contributed by atoms with Crippen LogP contribution in [0.4, 0.5) is 17.1 Å². The Hall–Kier alpha value is -8.78. The van der Waals surface area contributed by atoms with E-state index in [4.69, 9.17) is 32.8 Å². The highest BCUT2D eigenvalue weighted by atomic mass is 16.5. The van der Waals surface area contributed by atoms with Crippen molar-refractivity contribution in [2.75, 3.05) is 97.9 Å². The Bertz CT molecular complexity index is 3920. The Morgan fingerprint density at radius 3 is 1.22 bits per heavy atom. The minimum Gasteiger partial charge on any atom is -0.504 e. The minimum atomic E-state index is -0.701. The fourth-order valence-corrected chi connectivity index (χ4v) is 18.3. The number of fused-ring (bicyclic) bond motifs is 9. The second kappa shape index (κ2) is 28.4. The van der Waals surface area contributed by atoms with Crippen LogP contribution < -0.4 is 16.0 Å². The number of ether oxygens (including phenoxy) is 6. The highest BCUT2D eigenvalue weighted by Gasteiger charge is 2.63. The van der Waals surface area contributed by atoms with Crippen molar-refractivity contribution in [3.05, 3.63) is 168 Å². The highest BCUT2D eigenvalue weighted by molar-refractivity contribution is 6.19. The second-order valence-electron chi connectivity index (χ2n) is 27.3. The largest absolute Gasteiger partial charge is 0.504 e. The van der Waals surface area contributed by atoms with Crippen LogP contribution in [0.2, 0.25) is 0 Å². The lowest BCUT2D eigenvalue weighted by atomic mass is 9.71. The van der Waals surface area contributed by atoms with Gasteiger partial charge in [-0.2, -0.15) is 0 Å². The summed E-state index contributed by atoms with van der Waals surface area (Å²) in [6.45, 7) is 15.5. The number of Topliss-reactive ketones (excluding diaryl/α,β-unsaturated/α-hetero) is 3. The van der Waals surface area contributed by atoms with Crippen molar-refractivity contribution >= 4 is 58.4 Å². The number of nitrogens with one attached hydrogen (secondary N) is 3. The molecule has 512 valence electrons. The van der Waals surface area contributed by atoms with Crippen LogP contribution in [0.15, 0.2) is 150 Å². The molecule has 10 heterocycles. The molecule has 0 radical (unpaired) electrons. The Balaban J connectivity index is 0.000000139. The number of piperidine rings is 3. The molecular weight excluding hydrogens is 1230 g/mol. The molecule has 5 aromatic rings. The van der Waals surface area contributed by atoms with Gasteiger partial charge in [-0.1, -0.05) is 119 Å². The van der Waals surface area contributed by atoms with Crippen LogP contribution in [0.3, 0.4) is 0 Å². The summed E-state index contributed by atoms with van der Waals surface area (Å²) in [5, 5.41) is 10.9. The molecule has 3 spiro atoms. The van der Waals surface area contributed by atoms with Gasteiger partial charge in [0, 0.05) is 80.0 Å². The van der Waals surface area contributed by atoms with Crippen molar-refractivity contribution in [3.63, 3.8) is 0 Å². The van der Waals surface area contributed by atoms with E-state index in [1.54, 1.807) is 39.9 Å². The van der Waals surface area contributed by atoms with Gasteiger partial charge in [0.25, 0.3) is 0 Å². The fraction of sp³-hybridized carbons (Fsp3) is 0.462. The van der Waals surface area contributed by atoms with Gasteiger partial charge in [0.2, 0.25) is 0 Å². The number of anilines is 3. The van der Waals surface area contributed by atoms with Gasteiger partial charge in [0.05, 0.1) is 107 Å². The van der Waals surface area contributed by atoms with E-state index in [9.17, 15) is 28.8 Å². The summed E-state index contributed by atoms with van der Waals surface area (Å²) < 4.78 is 36.3. The number of nitrogens with zero attached hydrogens (tertiary/aromatic N) is 3. The molecule has 1 aromatic heterocycles. The van der Waals surface area contributed by atoms with Crippen LogP contribution in [0.1, 0.15) is 115 Å². The molecule has 14 rings (SSSR count). The van der Waals surface area contributed by atoms with Crippen molar-refractivity contribution in [3.8, 4) is 22.3 Å². The summed E-state index contributed by atoms with van der Waals surface area (Å²) in [6.07, 6.45) is 16.8. The van der Waals surface area contributed by atoms with E-state index in [2.05, 4.69) is 70.1 Å². The number of esters is 3. The molecule has 9 aliphatic heterocycles. The fourth-order valence-electron chi connectivity index (χ4n) is 18.3. The summed E-state index contributed by atoms with van der Waals surface area (Å²) in [5.74, 6) is 0.171. The van der Waals surface area contributed by atoms with Gasteiger partial charge in [0.15, 0.2) is 17.3 Å². The zero-order valence-corrected chi connectivity index (χ0v) is 57.3. The van der Waals surface area contributed by atoms with Crippen LogP contribution >= 0.6 is 0 Å². The second-order valence-corrected chi connectivity index (χ2v) is 27.3. The van der Waals surface area contributed by atoms with Crippen LogP contribution in [-0.2, 0) is 42.8 Å². The lowest BCUT2D eigenvalue weighted by molar-refractivity contribution is -0.138. The first-order valence-electron chi connectivity index (χ1n) is 34.3. The Labute approximate surface area is 568 Å². The topological polar surface area (TPSA) is 217 Å². The summed E-state index contributed by atoms with van der Waals surface area (Å²) in [4.78, 5) is 87.1. The van der Waals surface area contributed by atoms with Crippen molar-refractivity contribution in [1.29, 1.82) is 0 Å². The van der Waals surface area contributed by atoms with Gasteiger partial charge in [-0.3, -0.25) is 29.1 Å². The first kappa shape index (κ1) is 68.2. The summed E-state index contributed by atoms with van der Waals surface area (Å²) in [6, 6.07) is 29.8. The predicted octanol–water partition coefficient (Wildman–Crippen LogP) is 12.1. The number of ketones is 3. The lowest BCUT2D eigenvalue weighted by Gasteiger charge is -2.45. The van der Waals surface area contributed by atoms with E-state index < -0.39 is 16.6 Å². The lowest BCUT2D eigenvalue weighted by Crippen LogP contribution is -2.57. The van der Waals surface area contributed by atoms with Gasteiger partial charge >= 0.3 is 17.9 Å². The third kappa shape index (κ3) is 11.7. The van der Waals surface area contributed by atoms with Crippen LogP contribution in [0.5, 0.6) is 0 Å². The van der Waals surface area contributed by atoms with Crippen LogP contribution in [0.25, 0.3) is 28.3 Å². The van der Waals surface area contributed by atoms with Gasteiger partial charge in [0.1, 0.15) is 16.6 Å². The van der Waals surface area contributed by atoms with E-state index in [1.807, 2.05) is 78.9 Å². The predicted molar refractivity (Wildman–Crippen MR) is 372 cm³/mol. The molecule has 9 aliphatic rings. The summed E-state index contributed by atoms with van der Waals surface area (Å²) in [7, 11) is 8.85. The number of methoxy groups -OCH3 is 6. The quantitative estimate of drug-likeness (QED) is 0.0384. The average molecular weight is 1320 g/mol. The first-order valence-corrected chi connectivity index (χ1v) is 34.3. The molecular formula is C78H92N6O13. The van der Waals surface area contributed by atoms with Gasteiger partial charge in [-0.05, 0) is 121 Å². The van der Waals surface area contributed by atoms with Gasteiger partial charge < -0.3 is 48.8 Å². The number of hydrogen-bond donors (Lipinski definition) is 3. The Kier molecular flexibility index (Phi) is 19.9. The summed E-state index contributed by atoms with van der Waals surface area (Å²) in [5.41, 5.74) is 9.22. The molecule has 0 aliphatic carbocycles. The maximum atomic E-state index is 14.2. The van der Waals surface area contributed by atoms with Crippen molar-refractivity contribution in [1.82, 2.24) is 14.7 Å². The van der Waals surface area contributed by atoms with E-state index in [0.717, 1.165) is 139 Å². The van der Waals surface area contributed by atoms with Crippen LogP contribution in [0, 0.1) is 35.5 Å². The number of carbonyl (C=O) groups is 6. The number of hydrogen-bond acceptors (Lipinski definition) is 19. The van der Waals surface area contributed by atoms with E-state index in [-0.39, 0.29) is 77.1 Å². The average Bonchev–Trinajstić information content (AvgIpc) is 1.57. The Morgan fingerprint density at radius 2 is 0.866 bits per heavy atom. The SMILES string of the molecule is C=Cc1cccc2c1C(=O)[C@@]1(CCN3C[C@@H](CC)[C@@H](/C(=C\OC)C(=O)OC)CC31)N2.CC[C@@H]1CN2CC[C@]3(Nc4cccc(-c5ccccc5)c4C3=O)C2C[C@@H]1/C(=C\OC)C(=O)OC.CC[C@@H]1CN2CC[C@]3(Nc4cccc(-c5ccoc5)c4C3=O)C2C[C@@H]1/C(=C\OC)C(=O)OC. The molecule has 3 unspecified atom stereocenters. The molecule has 0 saturated carbocycles. The molecule has 0 amide bonds. The standard InChI is InChI=1S/C28H32N2O4.C26H30N2O5.C24H30N2O4/c1-4-18-16-30-14-13-28(24(30)15-21(18)22(17-33-2)27(32)34-3)26(31)25-20(11-8-12-23(25)29-28)19-9-6-5-7-10-19;1-4-16-13-28-10-9-26(22(28)12-19(16)20(15-31-2)25(30)32-3)24(29)23-18(17-8-11-33-14-17)6-5-7-21(23)27-26;1-5-15-8-7-9-19-21(15)22(27)24(25-19)10-11-26-13-16(6-2)17(12-20(24)26)18(14-29-3)23(28)30-4/h5-12,17-18,21,24,29H,4,13-16H2,1-3H3;5-8,11,14-16,19,22,27H,4,9-10,12-13H2,1-3H3;5,7-9,14,16-17,20,25H,1,6,10-13H2,2-4H3/b22-17+;20-15+;18-14+/t18-,21+,24?,28+;16-,19+,22?,26+;16-,17+,20?,24+/m111/s1. The highest BCUT2D eigenvalue weighted by Crippen LogP contribution is 2.54. The maximum Gasteiger partial charge on any atom is 0.337 e. The third-order valence-corrected chi connectivity index (χ3v) is 23.1. The number of benzene rings is 4. The molecule has 6 fully saturated rings. The van der Waals surface area contributed by atoms with Crippen LogP contribution in [-0.4, -0.2) is 167 Å². The van der Waals surface area contributed by atoms with E-state index in [1.165, 1.54) is 40.1 Å². The van der Waals surface area contributed by atoms with Crippen molar-refractivity contribution in [2.24, 2.45) is 35.5 Å². The Morgan fingerprint density at radius 1 is 0.495 bits per heavy atom. The molecule has 19 heteroatoms. The molecule has 0 bridgehead atoms. The molecule has 4 aromatic carbocycles. The smallest absolute Gasteiger partial charge is 0.337 e. The van der Waals surface area contributed by atoms with E-state index in [0.29, 0.717) is 47.8 Å². The van der Waals surface area contributed by atoms with Crippen molar-refractivity contribution in [2.45, 2.75) is 113 Å². The molecule has 6 saturated heterocycles. The van der Waals surface area contributed by atoms with Crippen molar-refractivity contribution < 1.29 is 61.6 Å². The molecule has 19 nitrogen and oxygen atoms in total. The number of furan rings is 1. The number of carbonyl (C=O) groups excluding carboxylic acids is 6. The van der Waals surface area contributed by atoms with Gasteiger partial charge in [-0.25, -0.2) is 14.4 Å². The summed E-state index contributed by atoms with van der Waals surface area (Å²) >= 11 is 0. The van der Waals surface area contributed by atoms with E-state index >= 15 is 0 Å². The first-order chi connectivity index (χ1) is 47.1. The van der Waals surface area contributed by atoms with Gasteiger partial charge in [-0.15, -0.1) is 0 Å². The monoisotopic (exact) mass is 1320 g/mol. The zero-order chi connectivity index (χ0) is 68.5. The molecule has 3 N–H and O–H groups in total. The zero-order valence-electron chi connectivity index (χ0n) is 57.3. The normalized spacial score (nSPS) is 29.3. The third-order valence-electron chi connectivity index (χ3n) is 23.1. The number of rotatable bonds is 15.